The third-order valence-electron chi connectivity index (χ3n) is 4.30. The van der Waals surface area contributed by atoms with Crippen LogP contribution in [0.15, 0.2) is 36.4 Å². The molecule has 1 amide bonds. The molecular weight excluding hydrogens is 292 g/mol. The molecule has 0 bridgehead atoms. The van der Waals surface area contributed by atoms with Crippen LogP contribution in [0.2, 0.25) is 0 Å². The van der Waals surface area contributed by atoms with Gasteiger partial charge in [0.1, 0.15) is 5.75 Å². The Morgan fingerprint density at radius 1 is 1.39 bits per heavy atom. The molecule has 0 saturated carbocycles. The molecule has 0 spiro atoms. The minimum absolute atomic E-state index is 0.0939. The third kappa shape index (κ3) is 2.53. The lowest BCUT2D eigenvalue weighted by molar-refractivity contribution is 0.0968. The molecule has 1 atom stereocenters. The Balaban J connectivity index is 2.06. The van der Waals surface area contributed by atoms with Gasteiger partial charge in [0.05, 0.1) is 25.3 Å². The van der Waals surface area contributed by atoms with Crippen LogP contribution in [0, 0.1) is 6.92 Å². The van der Waals surface area contributed by atoms with Crippen molar-refractivity contribution < 1.29 is 14.6 Å². The first-order chi connectivity index (χ1) is 11.1. The Hall–Kier alpha value is -2.53. The average molecular weight is 312 g/mol. The summed E-state index contributed by atoms with van der Waals surface area (Å²) in [4.78, 5) is 14.7. The number of fused-ring (bicyclic) bond motifs is 1. The molecule has 0 aromatic heterocycles. The van der Waals surface area contributed by atoms with Crippen molar-refractivity contribution in [2.24, 2.45) is 0 Å². The highest BCUT2D eigenvalue weighted by Crippen LogP contribution is 2.35. The molecular formula is C18H20N2O3. The maximum absolute atomic E-state index is 13.1. The number of nitrogens with two attached hydrogens (primary N) is 1. The van der Waals surface area contributed by atoms with Gasteiger partial charge in [-0.15, -0.1) is 0 Å². The van der Waals surface area contributed by atoms with Gasteiger partial charge >= 0.3 is 0 Å². The van der Waals surface area contributed by atoms with E-state index in [0.29, 0.717) is 23.4 Å². The van der Waals surface area contributed by atoms with E-state index in [-0.39, 0.29) is 18.6 Å². The van der Waals surface area contributed by atoms with Crippen LogP contribution in [0.4, 0.5) is 11.4 Å². The van der Waals surface area contributed by atoms with Gasteiger partial charge in [-0.1, -0.05) is 18.2 Å². The molecule has 0 radical (unpaired) electrons. The minimum Gasteiger partial charge on any atom is -0.496 e. The van der Waals surface area contributed by atoms with Crippen molar-refractivity contribution in [1.82, 2.24) is 0 Å². The van der Waals surface area contributed by atoms with Gasteiger partial charge in [-0.3, -0.25) is 4.79 Å². The number of aryl methyl sites for hydroxylation is 1. The Kier molecular flexibility index (Phi) is 3.96. The van der Waals surface area contributed by atoms with Crippen molar-refractivity contribution in [3.63, 3.8) is 0 Å². The first-order valence-electron chi connectivity index (χ1n) is 7.53. The molecule has 5 heteroatoms. The summed E-state index contributed by atoms with van der Waals surface area (Å²) in [6.07, 6.45) is 0.640. The van der Waals surface area contributed by atoms with E-state index in [0.717, 1.165) is 16.8 Å². The van der Waals surface area contributed by atoms with Gasteiger partial charge in [-0.05, 0) is 42.7 Å². The molecule has 1 heterocycles. The molecule has 0 aliphatic carbocycles. The van der Waals surface area contributed by atoms with Gasteiger partial charge in [0.15, 0.2) is 0 Å². The van der Waals surface area contributed by atoms with Crippen molar-refractivity contribution in [3.05, 3.63) is 53.1 Å². The molecule has 0 unspecified atom stereocenters. The van der Waals surface area contributed by atoms with Crippen molar-refractivity contribution >= 4 is 17.3 Å². The number of benzene rings is 2. The fraction of sp³-hybridized carbons (Fsp3) is 0.278. The molecule has 3 rings (SSSR count). The number of nitrogen functional groups attached to an aromatic ring is 1. The molecule has 120 valence electrons. The summed E-state index contributed by atoms with van der Waals surface area (Å²) in [6.45, 7) is 1.79. The smallest absolute Gasteiger partial charge is 0.260 e. The van der Waals surface area contributed by atoms with Gasteiger partial charge in [0.25, 0.3) is 5.91 Å². The number of para-hydroxylation sites is 1. The molecule has 1 aliphatic rings. The van der Waals surface area contributed by atoms with Crippen LogP contribution in [-0.2, 0) is 6.42 Å². The Morgan fingerprint density at radius 3 is 2.83 bits per heavy atom. The monoisotopic (exact) mass is 312 g/mol. The summed E-state index contributed by atoms with van der Waals surface area (Å²) in [5.41, 5.74) is 9.62. The molecule has 0 saturated heterocycles. The van der Waals surface area contributed by atoms with Crippen molar-refractivity contribution in [3.8, 4) is 5.75 Å². The highest BCUT2D eigenvalue weighted by atomic mass is 16.5. The van der Waals surface area contributed by atoms with E-state index in [9.17, 15) is 9.90 Å². The SMILES string of the molecule is COc1cc(C(=O)N2c3ccccc3C[C@H]2CO)c(N)cc1C. The van der Waals surface area contributed by atoms with E-state index in [4.69, 9.17) is 10.5 Å². The van der Waals surface area contributed by atoms with Crippen molar-refractivity contribution in [2.45, 2.75) is 19.4 Å². The maximum Gasteiger partial charge on any atom is 0.260 e. The number of anilines is 2. The lowest BCUT2D eigenvalue weighted by Gasteiger charge is -2.25. The van der Waals surface area contributed by atoms with E-state index in [1.54, 1.807) is 24.1 Å². The predicted molar refractivity (Wildman–Crippen MR) is 90.0 cm³/mol. The second kappa shape index (κ2) is 5.93. The number of ether oxygens (including phenoxy) is 1. The van der Waals surface area contributed by atoms with E-state index in [2.05, 4.69) is 0 Å². The lowest BCUT2D eigenvalue weighted by atomic mass is 10.1. The summed E-state index contributed by atoms with van der Waals surface area (Å²) in [7, 11) is 1.56. The Bertz CT molecular complexity index is 758. The molecule has 1 aliphatic heterocycles. The fourth-order valence-electron chi connectivity index (χ4n) is 3.13. The zero-order chi connectivity index (χ0) is 16.6. The van der Waals surface area contributed by atoms with Gasteiger partial charge in [0.2, 0.25) is 0 Å². The van der Waals surface area contributed by atoms with Crippen LogP contribution in [0.25, 0.3) is 0 Å². The number of aliphatic hydroxyl groups is 1. The largest absolute Gasteiger partial charge is 0.496 e. The van der Waals surface area contributed by atoms with E-state index in [1.165, 1.54) is 0 Å². The lowest BCUT2D eigenvalue weighted by Crippen LogP contribution is -2.40. The third-order valence-corrected chi connectivity index (χ3v) is 4.30. The summed E-state index contributed by atoms with van der Waals surface area (Å²) in [5, 5.41) is 9.67. The molecule has 23 heavy (non-hydrogen) atoms. The number of rotatable bonds is 3. The van der Waals surface area contributed by atoms with Crippen molar-refractivity contribution in [1.29, 1.82) is 0 Å². The number of amides is 1. The molecule has 5 nitrogen and oxygen atoms in total. The number of carbonyl (C=O) groups is 1. The van der Waals surface area contributed by atoms with Gasteiger partial charge in [-0.25, -0.2) is 0 Å². The Labute approximate surface area is 135 Å². The number of hydrogen-bond acceptors (Lipinski definition) is 4. The first-order valence-corrected chi connectivity index (χ1v) is 7.53. The zero-order valence-electron chi connectivity index (χ0n) is 13.2. The predicted octanol–water partition coefficient (Wildman–Crippen LogP) is 2.15. The first kappa shape index (κ1) is 15.4. The number of carbonyl (C=O) groups excluding carboxylic acids is 1. The second-order valence-corrected chi connectivity index (χ2v) is 5.75. The van der Waals surface area contributed by atoms with Crippen LogP contribution in [0.1, 0.15) is 21.5 Å². The molecule has 0 fully saturated rings. The number of nitrogens with zero attached hydrogens (tertiary/aromatic N) is 1. The molecule has 2 aromatic rings. The number of hydrogen-bond donors (Lipinski definition) is 2. The molecule has 2 aromatic carbocycles. The van der Waals surface area contributed by atoms with E-state index < -0.39 is 0 Å². The number of methoxy groups -OCH3 is 1. The van der Waals surface area contributed by atoms with Gasteiger partial charge in [-0.2, -0.15) is 0 Å². The van der Waals surface area contributed by atoms with E-state index >= 15 is 0 Å². The van der Waals surface area contributed by atoms with Crippen LogP contribution in [0.3, 0.4) is 0 Å². The second-order valence-electron chi connectivity index (χ2n) is 5.75. The summed E-state index contributed by atoms with van der Waals surface area (Å²) >= 11 is 0. The minimum atomic E-state index is -0.272. The van der Waals surface area contributed by atoms with Crippen molar-refractivity contribution in [2.75, 3.05) is 24.4 Å². The summed E-state index contributed by atoms with van der Waals surface area (Å²) < 4.78 is 5.30. The number of aliphatic hydroxyl groups excluding tert-OH is 1. The summed E-state index contributed by atoms with van der Waals surface area (Å²) in [6, 6.07) is 10.8. The topological polar surface area (TPSA) is 75.8 Å². The van der Waals surface area contributed by atoms with Crippen LogP contribution < -0.4 is 15.4 Å². The van der Waals surface area contributed by atoms with Crippen LogP contribution >= 0.6 is 0 Å². The van der Waals surface area contributed by atoms with Crippen LogP contribution in [0.5, 0.6) is 5.75 Å². The standard InChI is InChI=1S/C18H20N2O3/c1-11-7-15(19)14(9-17(11)23-2)18(22)20-13(10-21)8-12-5-3-4-6-16(12)20/h3-7,9,13,21H,8,10,19H2,1-2H3/t13-/m0/s1. The Morgan fingerprint density at radius 2 is 2.13 bits per heavy atom. The highest BCUT2D eigenvalue weighted by molar-refractivity contribution is 6.11. The average Bonchev–Trinajstić information content (AvgIpc) is 2.93. The fourth-order valence-corrected chi connectivity index (χ4v) is 3.13. The summed E-state index contributed by atoms with van der Waals surface area (Å²) in [5.74, 6) is 0.403. The maximum atomic E-state index is 13.1. The quantitative estimate of drug-likeness (QED) is 0.852. The van der Waals surface area contributed by atoms with Gasteiger partial charge < -0.3 is 20.5 Å². The zero-order valence-corrected chi connectivity index (χ0v) is 13.2. The van der Waals surface area contributed by atoms with E-state index in [1.807, 2.05) is 31.2 Å². The normalized spacial score (nSPS) is 16.3. The van der Waals surface area contributed by atoms with Crippen LogP contribution in [-0.4, -0.2) is 30.8 Å². The van der Waals surface area contributed by atoms with Gasteiger partial charge in [0, 0.05) is 11.4 Å². The highest BCUT2D eigenvalue weighted by Gasteiger charge is 2.34. The molecule has 3 N–H and O–H groups in total.